The van der Waals surface area contributed by atoms with Crippen molar-refractivity contribution in [1.29, 1.82) is 0 Å². The summed E-state index contributed by atoms with van der Waals surface area (Å²) in [5, 5.41) is 0. The Morgan fingerprint density at radius 2 is 1.67 bits per heavy atom. The fourth-order valence-corrected chi connectivity index (χ4v) is 2.64. The second kappa shape index (κ2) is 4.77. The predicted molar refractivity (Wildman–Crippen MR) is 76.4 cm³/mol. The van der Waals surface area contributed by atoms with Crippen molar-refractivity contribution in [1.82, 2.24) is 0 Å². The second-order valence-electron chi connectivity index (χ2n) is 4.81. The second-order valence-corrected chi connectivity index (χ2v) is 4.81. The van der Waals surface area contributed by atoms with Crippen molar-refractivity contribution < 1.29 is 0 Å². The van der Waals surface area contributed by atoms with Gasteiger partial charge < -0.3 is 0 Å². The molecular weight excluding hydrogens is 218 g/mol. The topological polar surface area (TPSA) is 12.4 Å². The molecule has 2 aromatic carbocycles. The zero-order chi connectivity index (χ0) is 12.4. The van der Waals surface area contributed by atoms with Crippen LogP contribution in [0.4, 0.5) is 0 Å². The molecule has 18 heavy (non-hydrogen) atoms. The number of benzene rings is 2. The molecule has 1 nitrogen and oxygen atoms in total. The van der Waals surface area contributed by atoms with Gasteiger partial charge in [-0.3, -0.25) is 4.99 Å². The van der Waals surface area contributed by atoms with Crippen molar-refractivity contribution in [3.63, 3.8) is 0 Å². The quantitative estimate of drug-likeness (QED) is 0.750. The van der Waals surface area contributed by atoms with Crippen LogP contribution in [0.5, 0.6) is 0 Å². The normalized spacial score (nSPS) is 15.7. The molecule has 0 fully saturated rings. The summed E-state index contributed by atoms with van der Waals surface area (Å²) in [5.74, 6) is 0.368. The first-order valence-corrected chi connectivity index (χ1v) is 6.54. The first kappa shape index (κ1) is 11.2. The van der Waals surface area contributed by atoms with E-state index in [1.54, 1.807) is 0 Å². The Labute approximate surface area is 108 Å². The summed E-state index contributed by atoms with van der Waals surface area (Å²) < 4.78 is 0. The van der Waals surface area contributed by atoms with Crippen LogP contribution in [0.2, 0.25) is 0 Å². The van der Waals surface area contributed by atoms with Crippen LogP contribution < -0.4 is 0 Å². The molecule has 2 aromatic rings. The zero-order valence-corrected chi connectivity index (χ0v) is 10.6. The number of rotatable bonds is 2. The van der Waals surface area contributed by atoms with Gasteiger partial charge in [0.15, 0.2) is 0 Å². The molecule has 1 heteroatoms. The van der Waals surface area contributed by atoms with E-state index in [0.717, 1.165) is 13.0 Å². The van der Waals surface area contributed by atoms with Crippen LogP contribution >= 0.6 is 0 Å². The third-order valence-corrected chi connectivity index (χ3v) is 3.67. The monoisotopic (exact) mass is 235 g/mol. The van der Waals surface area contributed by atoms with Crippen LogP contribution in [-0.4, -0.2) is 12.3 Å². The maximum atomic E-state index is 4.76. The lowest BCUT2D eigenvalue weighted by Crippen LogP contribution is -2.18. The largest absolute Gasteiger partial charge is 0.288 e. The molecule has 0 aliphatic carbocycles. The first-order valence-electron chi connectivity index (χ1n) is 6.54. The number of nitrogens with zero attached hydrogens (tertiary/aromatic N) is 1. The molecule has 1 unspecified atom stereocenters. The highest BCUT2D eigenvalue weighted by Crippen LogP contribution is 2.26. The van der Waals surface area contributed by atoms with Crippen molar-refractivity contribution in [2.45, 2.75) is 19.3 Å². The van der Waals surface area contributed by atoms with E-state index in [2.05, 4.69) is 61.5 Å². The van der Waals surface area contributed by atoms with Gasteiger partial charge in [-0.25, -0.2) is 0 Å². The van der Waals surface area contributed by atoms with E-state index in [4.69, 9.17) is 4.99 Å². The van der Waals surface area contributed by atoms with Crippen LogP contribution in [0.1, 0.15) is 29.5 Å². The van der Waals surface area contributed by atoms with Gasteiger partial charge in [0.2, 0.25) is 0 Å². The molecule has 0 amide bonds. The van der Waals surface area contributed by atoms with Crippen molar-refractivity contribution in [2.24, 2.45) is 4.99 Å². The van der Waals surface area contributed by atoms with Crippen LogP contribution in [0.3, 0.4) is 0 Å². The Balaban J connectivity index is 2.00. The Hall–Kier alpha value is -1.89. The number of hydrogen-bond donors (Lipinski definition) is 0. The van der Waals surface area contributed by atoms with Gasteiger partial charge in [0.05, 0.1) is 0 Å². The molecule has 0 spiro atoms. The highest BCUT2D eigenvalue weighted by molar-refractivity contribution is 6.06. The lowest BCUT2D eigenvalue weighted by Gasteiger charge is -2.22. The minimum Gasteiger partial charge on any atom is -0.288 e. The zero-order valence-electron chi connectivity index (χ0n) is 10.6. The highest BCUT2D eigenvalue weighted by Gasteiger charge is 2.19. The summed E-state index contributed by atoms with van der Waals surface area (Å²) >= 11 is 0. The third-order valence-electron chi connectivity index (χ3n) is 3.67. The summed E-state index contributed by atoms with van der Waals surface area (Å²) in [5.41, 5.74) is 5.35. The van der Waals surface area contributed by atoms with Gasteiger partial charge in [0, 0.05) is 18.2 Å². The van der Waals surface area contributed by atoms with E-state index in [1.165, 1.54) is 22.4 Å². The molecule has 1 aliphatic rings. The lowest BCUT2D eigenvalue weighted by atomic mass is 9.87. The van der Waals surface area contributed by atoms with E-state index in [-0.39, 0.29) is 0 Å². The van der Waals surface area contributed by atoms with Crippen molar-refractivity contribution >= 4 is 5.71 Å². The molecule has 90 valence electrons. The molecular formula is C17H17N. The third kappa shape index (κ3) is 1.97. The van der Waals surface area contributed by atoms with E-state index in [1.807, 2.05) is 0 Å². The average molecular weight is 235 g/mol. The Morgan fingerprint density at radius 3 is 2.50 bits per heavy atom. The van der Waals surface area contributed by atoms with Crippen LogP contribution in [-0.2, 0) is 6.42 Å². The van der Waals surface area contributed by atoms with Crippen molar-refractivity contribution in [3.8, 4) is 0 Å². The molecule has 0 radical (unpaired) electrons. The van der Waals surface area contributed by atoms with Crippen molar-refractivity contribution in [2.75, 3.05) is 6.54 Å². The number of hydrogen-bond acceptors (Lipinski definition) is 1. The SMILES string of the molecule is CC(C1=NCCc2ccccc21)c1ccccc1. The fraction of sp³-hybridized carbons (Fsp3) is 0.235. The van der Waals surface area contributed by atoms with Gasteiger partial charge in [-0.2, -0.15) is 0 Å². The van der Waals surface area contributed by atoms with Crippen LogP contribution in [0, 0.1) is 0 Å². The van der Waals surface area contributed by atoms with E-state index < -0.39 is 0 Å². The Kier molecular flexibility index (Phi) is 2.97. The van der Waals surface area contributed by atoms with Gasteiger partial charge in [-0.1, -0.05) is 61.5 Å². The first-order chi connectivity index (χ1) is 8.86. The molecule has 0 N–H and O–H groups in total. The average Bonchev–Trinajstić information content (AvgIpc) is 2.47. The number of aliphatic imine (C=N–C) groups is 1. The Bertz CT molecular complexity index is 569. The predicted octanol–water partition coefficient (Wildman–Crippen LogP) is 3.84. The van der Waals surface area contributed by atoms with Crippen LogP contribution in [0.25, 0.3) is 0 Å². The van der Waals surface area contributed by atoms with Crippen LogP contribution in [0.15, 0.2) is 59.6 Å². The smallest absolute Gasteiger partial charge is 0.0495 e. The maximum absolute atomic E-state index is 4.76. The standard InChI is InChI=1S/C17H17N/c1-13(14-7-3-2-4-8-14)17-16-10-6-5-9-15(16)11-12-18-17/h2-10,13H,11-12H2,1H3. The molecule has 0 aromatic heterocycles. The van der Waals surface area contributed by atoms with Gasteiger partial charge >= 0.3 is 0 Å². The highest BCUT2D eigenvalue weighted by atomic mass is 14.8. The summed E-state index contributed by atoms with van der Waals surface area (Å²) in [7, 11) is 0. The minimum atomic E-state index is 0.368. The summed E-state index contributed by atoms with van der Waals surface area (Å²) in [6.45, 7) is 3.17. The molecule has 1 aliphatic heterocycles. The summed E-state index contributed by atoms with van der Waals surface area (Å²) in [6, 6.07) is 19.3. The van der Waals surface area contributed by atoms with Gasteiger partial charge in [0.25, 0.3) is 0 Å². The summed E-state index contributed by atoms with van der Waals surface area (Å²) in [4.78, 5) is 4.76. The maximum Gasteiger partial charge on any atom is 0.0495 e. The molecule has 0 bridgehead atoms. The lowest BCUT2D eigenvalue weighted by molar-refractivity contribution is 0.902. The summed E-state index contributed by atoms with van der Waals surface area (Å²) in [6.07, 6.45) is 1.07. The van der Waals surface area contributed by atoms with Gasteiger partial charge in [-0.05, 0) is 23.1 Å². The van der Waals surface area contributed by atoms with E-state index >= 15 is 0 Å². The molecule has 1 heterocycles. The van der Waals surface area contributed by atoms with Crippen molar-refractivity contribution in [3.05, 3.63) is 71.3 Å². The van der Waals surface area contributed by atoms with Gasteiger partial charge in [-0.15, -0.1) is 0 Å². The minimum absolute atomic E-state index is 0.368. The fourth-order valence-electron chi connectivity index (χ4n) is 2.64. The molecule has 0 saturated carbocycles. The number of fused-ring (bicyclic) bond motifs is 1. The molecule has 1 atom stereocenters. The molecule has 3 rings (SSSR count). The van der Waals surface area contributed by atoms with Gasteiger partial charge in [0.1, 0.15) is 0 Å². The van der Waals surface area contributed by atoms with E-state index in [0.29, 0.717) is 5.92 Å². The Morgan fingerprint density at radius 1 is 0.944 bits per heavy atom. The van der Waals surface area contributed by atoms with E-state index in [9.17, 15) is 0 Å². The molecule has 0 saturated heterocycles.